The van der Waals surface area contributed by atoms with E-state index < -0.39 is 23.4 Å². The molecule has 4 nitrogen and oxygen atoms in total. The summed E-state index contributed by atoms with van der Waals surface area (Å²) in [6, 6.07) is 19.9. The second-order valence-electron chi connectivity index (χ2n) is 7.71. The monoisotopic (exact) mass is 441 g/mol. The largest absolute Gasteiger partial charge is 0.351 e. The molecule has 0 amide bonds. The lowest BCUT2D eigenvalue weighted by Crippen LogP contribution is -2.44. The van der Waals surface area contributed by atoms with Crippen LogP contribution in [-0.4, -0.2) is 17.9 Å². The van der Waals surface area contributed by atoms with E-state index in [1.165, 1.54) is 11.3 Å². The summed E-state index contributed by atoms with van der Waals surface area (Å²) in [6.45, 7) is 0. The zero-order chi connectivity index (χ0) is 21.6. The van der Waals surface area contributed by atoms with E-state index in [2.05, 4.69) is 12.1 Å². The maximum absolute atomic E-state index is 13.9. The second kappa shape index (κ2) is 7.39. The van der Waals surface area contributed by atoms with E-state index in [1.54, 1.807) is 24.3 Å². The van der Waals surface area contributed by atoms with Gasteiger partial charge in [-0.15, -0.1) is 0 Å². The Morgan fingerprint density at radius 3 is 2.48 bits per heavy atom. The molecule has 0 aliphatic carbocycles. The van der Waals surface area contributed by atoms with Crippen molar-refractivity contribution in [2.24, 2.45) is 5.41 Å². The first-order valence-electron chi connectivity index (χ1n) is 9.80. The number of carbonyl (C=O) groups is 1. The molecule has 31 heavy (non-hydrogen) atoms. The lowest BCUT2D eigenvalue weighted by atomic mass is 9.69. The zero-order valence-corrected chi connectivity index (χ0v) is 17.8. The van der Waals surface area contributed by atoms with E-state index in [0.29, 0.717) is 10.6 Å². The molecule has 0 saturated carbocycles. The first-order chi connectivity index (χ1) is 15.1. The summed E-state index contributed by atoms with van der Waals surface area (Å²) < 4.78 is 0. The van der Waals surface area contributed by atoms with Crippen LogP contribution in [0.4, 0.5) is 5.69 Å². The molecule has 5 rings (SSSR count). The summed E-state index contributed by atoms with van der Waals surface area (Å²) in [5.41, 5.74) is 1.75. The fourth-order valence-corrected chi connectivity index (χ4v) is 5.67. The Kier molecular flexibility index (Phi) is 4.67. The van der Waals surface area contributed by atoms with Gasteiger partial charge in [0.2, 0.25) is 0 Å². The number of benzene rings is 2. The topological polar surface area (TPSA) is 67.9 Å². The number of carbonyl (C=O) groups excluding carboxylic acids is 1. The van der Waals surface area contributed by atoms with Crippen LogP contribution in [0.15, 0.2) is 71.4 Å². The normalized spacial score (nSPS) is 22.8. The quantitative estimate of drug-likeness (QED) is 0.490. The summed E-state index contributed by atoms with van der Waals surface area (Å²) in [6.07, 6.45) is 3.84. The Balaban J connectivity index is 1.77. The van der Waals surface area contributed by atoms with Gasteiger partial charge < -0.3 is 4.90 Å². The Morgan fingerprint density at radius 2 is 1.81 bits per heavy atom. The predicted octanol–water partition coefficient (Wildman–Crippen LogP) is 5.69. The van der Waals surface area contributed by atoms with E-state index >= 15 is 0 Å². The van der Waals surface area contributed by atoms with Crippen molar-refractivity contribution in [3.05, 3.63) is 93.1 Å². The second-order valence-corrected chi connectivity index (χ2v) is 8.93. The third kappa shape index (κ3) is 2.82. The molecule has 0 N–H and O–H groups in total. The predicted molar refractivity (Wildman–Crippen MR) is 122 cm³/mol. The number of halogens is 1. The molecule has 0 unspecified atom stereocenters. The number of Topliss-reactive ketones (excluding diaryl/α,β-unsaturated/α-hetero) is 1. The van der Waals surface area contributed by atoms with Gasteiger partial charge in [0, 0.05) is 22.2 Å². The minimum absolute atomic E-state index is 0.129. The van der Waals surface area contributed by atoms with Crippen molar-refractivity contribution in [2.45, 2.75) is 18.0 Å². The number of anilines is 1. The third-order valence-electron chi connectivity index (χ3n) is 6.21. The average molecular weight is 442 g/mol. The summed E-state index contributed by atoms with van der Waals surface area (Å²) in [5.74, 6) is -0.729. The van der Waals surface area contributed by atoms with Crippen molar-refractivity contribution in [3.8, 4) is 12.1 Å². The summed E-state index contributed by atoms with van der Waals surface area (Å²) in [7, 11) is 0. The van der Waals surface area contributed by atoms with Gasteiger partial charge in [-0.3, -0.25) is 4.79 Å². The maximum Gasteiger partial charge on any atom is 0.185 e. The van der Waals surface area contributed by atoms with Gasteiger partial charge in [-0.1, -0.05) is 42.0 Å². The molecule has 1 saturated heterocycles. The smallest absolute Gasteiger partial charge is 0.185 e. The van der Waals surface area contributed by atoms with Crippen molar-refractivity contribution >= 4 is 40.5 Å². The highest BCUT2D eigenvalue weighted by atomic mass is 35.5. The molecule has 3 atom stereocenters. The van der Waals surface area contributed by atoms with Gasteiger partial charge >= 0.3 is 0 Å². The van der Waals surface area contributed by atoms with Crippen molar-refractivity contribution in [2.75, 3.05) is 4.90 Å². The number of rotatable bonds is 3. The number of nitrogens with zero attached hydrogens (tertiary/aromatic N) is 3. The van der Waals surface area contributed by atoms with Crippen LogP contribution in [0, 0.1) is 28.1 Å². The van der Waals surface area contributed by atoms with Crippen LogP contribution in [-0.2, 0) is 0 Å². The van der Waals surface area contributed by atoms with E-state index in [4.69, 9.17) is 11.6 Å². The highest BCUT2D eigenvalue weighted by Gasteiger charge is 2.63. The van der Waals surface area contributed by atoms with Gasteiger partial charge in [-0.2, -0.15) is 21.9 Å². The minimum Gasteiger partial charge on any atom is -0.351 e. The molecule has 2 aliphatic heterocycles. The van der Waals surface area contributed by atoms with E-state index in [0.717, 1.165) is 16.8 Å². The Labute approximate surface area is 189 Å². The molecule has 0 spiro atoms. The molecule has 3 heterocycles. The molecule has 6 heteroatoms. The summed E-state index contributed by atoms with van der Waals surface area (Å²) in [4.78, 5) is 15.9. The number of fused-ring (bicyclic) bond motifs is 3. The molecule has 3 aromatic rings. The standard InChI is InChI=1S/C25H16ClN3OS/c26-19-8-5-17(6-9-19)24(30)23-22(18-11-12-31-13-18)25(14-27,15-28)21-10-7-16-3-1-2-4-20(16)29(21)23/h1-13,21-23H/t21-,22+,23-/m0/s1. The third-order valence-corrected chi connectivity index (χ3v) is 7.17. The van der Waals surface area contributed by atoms with E-state index in [-0.39, 0.29) is 5.78 Å². The highest BCUT2D eigenvalue weighted by Crippen LogP contribution is 2.55. The molecule has 150 valence electrons. The Morgan fingerprint density at radius 1 is 1.06 bits per heavy atom. The van der Waals surface area contributed by atoms with Gasteiger partial charge in [-0.05, 0) is 58.3 Å². The number of hydrogen-bond donors (Lipinski definition) is 0. The van der Waals surface area contributed by atoms with E-state index in [9.17, 15) is 15.3 Å². The zero-order valence-electron chi connectivity index (χ0n) is 16.3. The number of ketones is 1. The van der Waals surface area contributed by atoms with Crippen molar-refractivity contribution in [1.82, 2.24) is 0 Å². The van der Waals surface area contributed by atoms with Crippen LogP contribution in [0.25, 0.3) is 6.08 Å². The van der Waals surface area contributed by atoms with Crippen LogP contribution >= 0.6 is 22.9 Å². The van der Waals surface area contributed by atoms with Gasteiger partial charge in [0.15, 0.2) is 11.2 Å². The summed E-state index contributed by atoms with van der Waals surface area (Å²) >= 11 is 7.53. The first kappa shape index (κ1) is 19.6. The summed E-state index contributed by atoms with van der Waals surface area (Å²) in [5, 5.41) is 25.0. The average Bonchev–Trinajstić information content (AvgIpc) is 3.43. The van der Waals surface area contributed by atoms with Crippen LogP contribution in [0.1, 0.15) is 27.4 Å². The van der Waals surface area contributed by atoms with Crippen LogP contribution in [0.2, 0.25) is 5.02 Å². The maximum atomic E-state index is 13.9. The van der Waals surface area contributed by atoms with Gasteiger partial charge in [-0.25, -0.2) is 0 Å². The Bertz CT molecular complexity index is 1250. The van der Waals surface area contributed by atoms with Crippen molar-refractivity contribution < 1.29 is 4.79 Å². The number of thiophene rings is 1. The fourth-order valence-electron chi connectivity index (χ4n) is 4.84. The molecule has 0 bridgehead atoms. The fraction of sp³-hybridized carbons (Fsp3) is 0.160. The van der Waals surface area contributed by atoms with Crippen LogP contribution in [0.5, 0.6) is 0 Å². The molecular formula is C25H16ClN3OS. The lowest BCUT2D eigenvalue weighted by Gasteiger charge is -2.35. The minimum atomic E-state index is -1.40. The molecule has 2 aromatic carbocycles. The van der Waals surface area contributed by atoms with Gasteiger partial charge in [0.25, 0.3) is 0 Å². The molecule has 1 fully saturated rings. The molecule has 2 aliphatic rings. The van der Waals surface area contributed by atoms with Crippen molar-refractivity contribution in [1.29, 1.82) is 10.5 Å². The van der Waals surface area contributed by atoms with Gasteiger partial charge in [0.05, 0.1) is 18.2 Å². The number of hydrogen-bond acceptors (Lipinski definition) is 5. The molecular weight excluding hydrogens is 426 g/mol. The van der Waals surface area contributed by atoms with Crippen LogP contribution in [0.3, 0.4) is 0 Å². The molecule has 0 radical (unpaired) electrons. The Hall–Kier alpha value is -3.38. The number of nitriles is 2. The lowest BCUT2D eigenvalue weighted by molar-refractivity contribution is 0.0951. The van der Waals surface area contributed by atoms with Crippen molar-refractivity contribution in [3.63, 3.8) is 0 Å². The number of para-hydroxylation sites is 1. The van der Waals surface area contributed by atoms with E-state index in [1.807, 2.05) is 58.1 Å². The highest BCUT2D eigenvalue weighted by molar-refractivity contribution is 7.08. The van der Waals surface area contributed by atoms with Crippen LogP contribution < -0.4 is 4.90 Å². The van der Waals surface area contributed by atoms with Gasteiger partial charge in [0.1, 0.15) is 6.04 Å². The first-order valence-corrected chi connectivity index (χ1v) is 11.1. The SMILES string of the molecule is N#CC1(C#N)[C@H](c2ccsc2)[C@@H](C(=O)c2ccc(Cl)cc2)N2c3ccccc3C=C[C@H]21. The molecule has 1 aromatic heterocycles.